The number of carboxylic acid groups (broad SMARTS) is 1. The number of nitrogens with one attached hydrogen (secondary N) is 1. The van der Waals surface area contributed by atoms with E-state index in [1.807, 2.05) is 44.2 Å². The number of aliphatic carboxylic acids is 1. The Hall–Kier alpha value is -2.08. The topological polar surface area (TPSA) is 78.9 Å². The van der Waals surface area contributed by atoms with Crippen molar-refractivity contribution in [2.45, 2.75) is 59.2 Å². The van der Waals surface area contributed by atoms with Gasteiger partial charge in [0.2, 0.25) is 0 Å². The van der Waals surface area contributed by atoms with Crippen LogP contribution in [0.25, 0.3) is 0 Å². The van der Waals surface area contributed by atoms with Gasteiger partial charge < -0.3 is 9.84 Å². The third kappa shape index (κ3) is 6.58. The van der Waals surface area contributed by atoms with Crippen LogP contribution in [0.15, 0.2) is 30.3 Å². The lowest BCUT2D eigenvalue weighted by molar-refractivity contribution is -0.147. The number of benzene rings is 1. The van der Waals surface area contributed by atoms with Crippen LogP contribution in [0.3, 0.4) is 0 Å². The summed E-state index contributed by atoms with van der Waals surface area (Å²) >= 11 is 0. The molecule has 2 N–H and O–H groups in total. The molecule has 1 aromatic carbocycles. The van der Waals surface area contributed by atoms with Gasteiger partial charge in [0.05, 0.1) is 0 Å². The van der Waals surface area contributed by atoms with Gasteiger partial charge in [0.15, 0.2) is 0 Å². The first-order valence-electron chi connectivity index (χ1n) is 8.17. The SMILES string of the molecule is CCC(C)C(C(=O)O)N(Cc1ccccc1)NC(=O)OC(C)(C)C. The van der Waals surface area contributed by atoms with Gasteiger partial charge in [0.1, 0.15) is 11.6 Å². The van der Waals surface area contributed by atoms with E-state index in [-0.39, 0.29) is 12.5 Å². The number of carbonyl (C=O) groups is 2. The first-order chi connectivity index (χ1) is 11.1. The van der Waals surface area contributed by atoms with Crippen molar-refractivity contribution in [2.24, 2.45) is 5.92 Å². The maximum atomic E-state index is 12.1. The molecule has 0 bridgehead atoms. The molecule has 0 aliphatic heterocycles. The molecular weight excluding hydrogens is 308 g/mol. The highest BCUT2D eigenvalue weighted by atomic mass is 16.6. The Kier molecular flexibility index (Phi) is 7.22. The molecule has 1 rings (SSSR count). The summed E-state index contributed by atoms with van der Waals surface area (Å²) in [7, 11) is 0. The normalized spacial score (nSPS) is 14.1. The highest BCUT2D eigenvalue weighted by Gasteiger charge is 2.32. The standard InChI is InChI=1S/C18H28N2O4/c1-6-13(2)15(16(21)22)20(12-14-10-8-7-9-11-14)19-17(23)24-18(3,4)5/h7-11,13,15H,6,12H2,1-5H3,(H,19,23)(H,21,22). The van der Waals surface area contributed by atoms with Crippen molar-refractivity contribution in [3.63, 3.8) is 0 Å². The number of hydrogen-bond acceptors (Lipinski definition) is 4. The lowest BCUT2D eigenvalue weighted by atomic mass is 9.98. The lowest BCUT2D eigenvalue weighted by Gasteiger charge is -2.33. The van der Waals surface area contributed by atoms with Crippen LogP contribution in [0.4, 0.5) is 4.79 Å². The van der Waals surface area contributed by atoms with Crippen LogP contribution in [0.1, 0.15) is 46.6 Å². The van der Waals surface area contributed by atoms with E-state index < -0.39 is 23.7 Å². The van der Waals surface area contributed by atoms with Crippen molar-refractivity contribution in [2.75, 3.05) is 0 Å². The van der Waals surface area contributed by atoms with Crippen LogP contribution in [0, 0.1) is 5.92 Å². The minimum atomic E-state index is -0.976. The van der Waals surface area contributed by atoms with Crippen LogP contribution >= 0.6 is 0 Å². The molecule has 0 saturated carbocycles. The quantitative estimate of drug-likeness (QED) is 0.746. The zero-order valence-corrected chi connectivity index (χ0v) is 15.1. The molecule has 2 atom stereocenters. The Labute approximate surface area is 143 Å². The van der Waals surface area contributed by atoms with Crippen molar-refractivity contribution >= 4 is 12.1 Å². The second-order valence-electron chi connectivity index (χ2n) is 6.90. The van der Waals surface area contributed by atoms with Gasteiger partial charge in [-0.25, -0.2) is 4.79 Å². The molecule has 0 aliphatic rings. The summed E-state index contributed by atoms with van der Waals surface area (Å²) in [5, 5.41) is 11.1. The number of rotatable bonds is 7. The Bertz CT molecular complexity index is 540. The molecule has 134 valence electrons. The van der Waals surface area contributed by atoms with Gasteiger partial charge in [-0.1, -0.05) is 50.6 Å². The maximum Gasteiger partial charge on any atom is 0.422 e. The highest BCUT2D eigenvalue weighted by Crippen LogP contribution is 2.17. The lowest BCUT2D eigenvalue weighted by Crippen LogP contribution is -2.54. The van der Waals surface area contributed by atoms with Crippen LogP contribution in [-0.2, 0) is 16.1 Å². The van der Waals surface area contributed by atoms with E-state index >= 15 is 0 Å². The number of amides is 1. The Morgan fingerprint density at radius 2 is 1.83 bits per heavy atom. The molecule has 0 saturated heterocycles. The molecule has 1 aromatic rings. The number of carbonyl (C=O) groups excluding carboxylic acids is 1. The maximum absolute atomic E-state index is 12.1. The molecule has 0 radical (unpaired) electrons. The van der Waals surface area contributed by atoms with Gasteiger partial charge in [-0.05, 0) is 32.3 Å². The molecule has 0 spiro atoms. The number of ether oxygens (including phenoxy) is 1. The van der Waals surface area contributed by atoms with Gasteiger partial charge in [0.25, 0.3) is 0 Å². The summed E-state index contributed by atoms with van der Waals surface area (Å²) in [6.07, 6.45) is 0.0196. The Morgan fingerprint density at radius 1 is 1.25 bits per heavy atom. The second-order valence-corrected chi connectivity index (χ2v) is 6.90. The fourth-order valence-electron chi connectivity index (χ4n) is 2.31. The number of hydrogen-bond donors (Lipinski definition) is 2. The molecule has 2 unspecified atom stereocenters. The zero-order valence-electron chi connectivity index (χ0n) is 15.1. The predicted octanol–water partition coefficient (Wildman–Crippen LogP) is 3.43. The third-order valence-electron chi connectivity index (χ3n) is 3.60. The van der Waals surface area contributed by atoms with Crippen molar-refractivity contribution in [1.29, 1.82) is 0 Å². The summed E-state index contributed by atoms with van der Waals surface area (Å²) in [6, 6.07) is 8.57. The van der Waals surface area contributed by atoms with Gasteiger partial charge in [-0.2, -0.15) is 5.01 Å². The fourth-order valence-corrected chi connectivity index (χ4v) is 2.31. The molecule has 6 nitrogen and oxygen atoms in total. The van der Waals surface area contributed by atoms with Gasteiger partial charge in [-0.15, -0.1) is 0 Å². The van der Waals surface area contributed by atoms with Crippen molar-refractivity contribution in [3.05, 3.63) is 35.9 Å². The van der Waals surface area contributed by atoms with Crippen LogP contribution in [0.2, 0.25) is 0 Å². The monoisotopic (exact) mass is 336 g/mol. The summed E-state index contributed by atoms with van der Waals surface area (Å²) < 4.78 is 5.26. The van der Waals surface area contributed by atoms with E-state index in [1.54, 1.807) is 20.8 Å². The number of hydrazine groups is 1. The minimum absolute atomic E-state index is 0.138. The first kappa shape index (κ1) is 20.0. The molecule has 0 aromatic heterocycles. The van der Waals surface area contributed by atoms with E-state index in [0.29, 0.717) is 6.42 Å². The van der Waals surface area contributed by atoms with E-state index in [0.717, 1.165) is 5.56 Å². The predicted molar refractivity (Wildman–Crippen MR) is 92.2 cm³/mol. The highest BCUT2D eigenvalue weighted by molar-refractivity contribution is 5.75. The van der Waals surface area contributed by atoms with Crippen LogP contribution < -0.4 is 5.43 Å². The molecule has 0 aliphatic carbocycles. The Balaban J connectivity index is 3.01. The van der Waals surface area contributed by atoms with E-state index in [9.17, 15) is 14.7 Å². The third-order valence-corrected chi connectivity index (χ3v) is 3.60. The van der Waals surface area contributed by atoms with Gasteiger partial charge >= 0.3 is 12.1 Å². The van der Waals surface area contributed by atoms with E-state index in [1.165, 1.54) is 5.01 Å². The van der Waals surface area contributed by atoms with Gasteiger partial charge in [-0.3, -0.25) is 10.2 Å². The largest absolute Gasteiger partial charge is 0.480 e. The fraction of sp³-hybridized carbons (Fsp3) is 0.556. The number of carboxylic acids is 1. The van der Waals surface area contributed by atoms with Crippen molar-refractivity contribution in [1.82, 2.24) is 10.4 Å². The smallest absolute Gasteiger partial charge is 0.422 e. The summed E-state index contributed by atoms with van der Waals surface area (Å²) in [4.78, 5) is 23.9. The van der Waals surface area contributed by atoms with E-state index in [2.05, 4.69) is 5.43 Å². The van der Waals surface area contributed by atoms with Crippen LogP contribution in [0.5, 0.6) is 0 Å². The molecule has 1 amide bonds. The molecule has 6 heteroatoms. The number of nitrogens with zero attached hydrogens (tertiary/aromatic N) is 1. The summed E-state index contributed by atoms with van der Waals surface area (Å²) in [5.74, 6) is -1.11. The molecule has 0 heterocycles. The summed E-state index contributed by atoms with van der Waals surface area (Å²) in [5.41, 5.74) is 2.86. The average molecular weight is 336 g/mol. The molecular formula is C18H28N2O4. The minimum Gasteiger partial charge on any atom is -0.480 e. The van der Waals surface area contributed by atoms with Gasteiger partial charge in [0, 0.05) is 6.54 Å². The molecule has 24 heavy (non-hydrogen) atoms. The zero-order chi connectivity index (χ0) is 18.3. The summed E-state index contributed by atoms with van der Waals surface area (Å²) in [6.45, 7) is 9.34. The average Bonchev–Trinajstić information content (AvgIpc) is 2.45. The molecule has 0 fully saturated rings. The van der Waals surface area contributed by atoms with Crippen molar-refractivity contribution in [3.8, 4) is 0 Å². The Morgan fingerprint density at radius 3 is 2.29 bits per heavy atom. The second kappa shape index (κ2) is 8.68. The van der Waals surface area contributed by atoms with Crippen LogP contribution in [-0.4, -0.2) is 33.8 Å². The first-order valence-corrected chi connectivity index (χ1v) is 8.17. The van der Waals surface area contributed by atoms with E-state index in [4.69, 9.17) is 4.74 Å². The van der Waals surface area contributed by atoms with Crippen molar-refractivity contribution < 1.29 is 19.4 Å².